The number of aromatic nitrogens is 3. The fourth-order valence-corrected chi connectivity index (χ4v) is 4.00. The Morgan fingerprint density at radius 1 is 1.22 bits per heavy atom. The second-order valence-electron chi connectivity index (χ2n) is 6.50. The van der Waals surface area contributed by atoms with Gasteiger partial charge in [-0.05, 0) is 37.5 Å². The molecule has 1 fully saturated rings. The summed E-state index contributed by atoms with van der Waals surface area (Å²) < 4.78 is 16.2. The van der Waals surface area contributed by atoms with Crippen LogP contribution in [0.3, 0.4) is 0 Å². The minimum Gasteiger partial charge on any atom is -0.299 e. The van der Waals surface area contributed by atoms with E-state index in [9.17, 15) is 14.5 Å². The van der Waals surface area contributed by atoms with E-state index in [0.29, 0.717) is 16.5 Å². The van der Waals surface area contributed by atoms with Crippen LogP contribution in [-0.2, 0) is 0 Å². The number of nitrogens with zero attached hydrogens (tertiary/aromatic N) is 4. The first-order chi connectivity index (χ1) is 13.0. The molecule has 138 valence electrons. The number of rotatable bonds is 6. The molecule has 27 heavy (non-hydrogen) atoms. The Labute approximate surface area is 159 Å². The highest BCUT2D eigenvalue weighted by Gasteiger charge is 2.31. The predicted octanol–water partition coefficient (Wildman–Crippen LogP) is 5.18. The van der Waals surface area contributed by atoms with Crippen LogP contribution in [0.4, 0.5) is 10.1 Å². The lowest BCUT2D eigenvalue weighted by Crippen LogP contribution is -2.02. The lowest BCUT2D eigenvalue weighted by molar-refractivity contribution is -0.384. The Kier molecular flexibility index (Phi) is 4.65. The smallest absolute Gasteiger partial charge is 0.269 e. The van der Waals surface area contributed by atoms with E-state index in [1.807, 2.05) is 17.6 Å². The van der Waals surface area contributed by atoms with Crippen LogP contribution in [0.25, 0.3) is 11.4 Å². The third-order valence-electron chi connectivity index (χ3n) is 4.52. The molecule has 0 unspecified atom stereocenters. The maximum absolute atomic E-state index is 14.2. The maximum Gasteiger partial charge on any atom is 0.269 e. The molecule has 0 bridgehead atoms. The zero-order chi connectivity index (χ0) is 19.0. The number of non-ortho nitro benzene ring substituents is 1. The Morgan fingerprint density at radius 3 is 2.70 bits per heavy atom. The quantitative estimate of drug-likeness (QED) is 0.332. The van der Waals surface area contributed by atoms with E-state index in [0.717, 1.165) is 18.4 Å². The van der Waals surface area contributed by atoms with Crippen LogP contribution in [-0.4, -0.2) is 19.7 Å². The van der Waals surface area contributed by atoms with Crippen molar-refractivity contribution in [3.63, 3.8) is 0 Å². The van der Waals surface area contributed by atoms with Gasteiger partial charge in [0.1, 0.15) is 5.82 Å². The molecule has 0 N–H and O–H groups in total. The first-order valence-electron chi connectivity index (χ1n) is 8.65. The molecule has 1 aromatic heterocycles. The fraction of sp³-hybridized carbons (Fsp3) is 0.263. The molecule has 0 spiro atoms. The highest BCUT2D eigenvalue weighted by Crippen LogP contribution is 2.44. The minimum absolute atomic E-state index is 0.0555. The van der Waals surface area contributed by atoms with Crippen molar-refractivity contribution >= 4 is 17.4 Å². The van der Waals surface area contributed by atoms with Gasteiger partial charge in [-0.1, -0.05) is 36.0 Å². The largest absolute Gasteiger partial charge is 0.299 e. The van der Waals surface area contributed by atoms with Crippen molar-refractivity contribution in [2.75, 3.05) is 0 Å². The van der Waals surface area contributed by atoms with E-state index in [4.69, 9.17) is 0 Å². The molecular formula is C19H17FN4O2S. The van der Waals surface area contributed by atoms with Gasteiger partial charge in [0, 0.05) is 23.4 Å². The second-order valence-corrected chi connectivity index (χ2v) is 7.81. The summed E-state index contributed by atoms with van der Waals surface area (Å²) in [7, 11) is 0. The number of nitro groups is 1. The van der Waals surface area contributed by atoms with Crippen molar-refractivity contribution in [2.24, 2.45) is 0 Å². The average Bonchev–Trinajstić information content (AvgIpc) is 3.43. The van der Waals surface area contributed by atoms with Gasteiger partial charge in [0.15, 0.2) is 11.0 Å². The summed E-state index contributed by atoms with van der Waals surface area (Å²) in [4.78, 5) is 10.6. The van der Waals surface area contributed by atoms with Gasteiger partial charge in [-0.2, -0.15) is 0 Å². The molecule has 0 radical (unpaired) electrons. The molecule has 1 aliphatic carbocycles. The van der Waals surface area contributed by atoms with E-state index >= 15 is 0 Å². The maximum atomic E-state index is 14.2. The van der Waals surface area contributed by atoms with Crippen LogP contribution < -0.4 is 0 Å². The number of hydrogen-bond donors (Lipinski definition) is 0. The molecule has 6 nitrogen and oxygen atoms in total. The summed E-state index contributed by atoms with van der Waals surface area (Å²) in [5.74, 6) is 0.208. The van der Waals surface area contributed by atoms with Crippen LogP contribution in [0, 0.1) is 15.9 Å². The molecule has 2 aromatic carbocycles. The summed E-state index contributed by atoms with van der Waals surface area (Å²) in [6.07, 6.45) is 2.02. The first-order valence-corrected chi connectivity index (χ1v) is 9.53. The van der Waals surface area contributed by atoms with E-state index < -0.39 is 4.92 Å². The van der Waals surface area contributed by atoms with Gasteiger partial charge in [0.2, 0.25) is 0 Å². The normalized spacial score (nSPS) is 14.9. The van der Waals surface area contributed by atoms with Gasteiger partial charge in [0.25, 0.3) is 5.69 Å². The van der Waals surface area contributed by atoms with Crippen molar-refractivity contribution in [3.05, 3.63) is 70.0 Å². The zero-order valence-corrected chi connectivity index (χ0v) is 15.4. The Bertz CT molecular complexity index is 1000. The van der Waals surface area contributed by atoms with Crippen molar-refractivity contribution < 1.29 is 9.31 Å². The molecular weight excluding hydrogens is 367 g/mol. The van der Waals surface area contributed by atoms with Crippen LogP contribution >= 0.6 is 11.8 Å². The fourth-order valence-electron chi connectivity index (χ4n) is 2.96. The summed E-state index contributed by atoms with van der Waals surface area (Å²) in [6.45, 7) is 1.97. The van der Waals surface area contributed by atoms with Gasteiger partial charge in [0.05, 0.1) is 10.5 Å². The lowest BCUT2D eigenvalue weighted by Gasteiger charge is -2.13. The van der Waals surface area contributed by atoms with Crippen LogP contribution in [0.5, 0.6) is 0 Å². The monoisotopic (exact) mass is 384 g/mol. The van der Waals surface area contributed by atoms with Gasteiger partial charge >= 0.3 is 0 Å². The number of thioether (sulfide) groups is 1. The third-order valence-corrected chi connectivity index (χ3v) is 5.64. The minimum atomic E-state index is -0.399. The van der Waals surface area contributed by atoms with Gasteiger partial charge in [-0.25, -0.2) is 4.39 Å². The molecule has 4 rings (SSSR count). The molecule has 1 atom stereocenters. The second kappa shape index (κ2) is 7.11. The summed E-state index contributed by atoms with van der Waals surface area (Å²) in [5.41, 5.74) is 1.34. The highest BCUT2D eigenvalue weighted by molar-refractivity contribution is 7.99. The van der Waals surface area contributed by atoms with Crippen LogP contribution in [0.1, 0.15) is 36.6 Å². The van der Waals surface area contributed by atoms with Crippen molar-refractivity contribution in [1.29, 1.82) is 0 Å². The SMILES string of the molecule is C[C@@H](Sc1nnc(-c2ccccc2F)n1C1CC1)c1cccc([N+](=O)[O-])c1. The van der Waals surface area contributed by atoms with E-state index in [1.54, 1.807) is 30.3 Å². The van der Waals surface area contributed by atoms with E-state index in [-0.39, 0.29) is 22.8 Å². The summed E-state index contributed by atoms with van der Waals surface area (Å²) in [5, 5.41) is 20.2. The average molecular weight is 384 g/mol. The summed E-state index contributed by atoms with van der Waals surface area (Å²) in [6, 6.07) is 13.4. The third kappa shape index (κ3) is 3.57. The zero-order valence-electron chi connectivity index (χ0n) is 14.6. The highest BCUT2D eigenvalue weighted by atomic mass is 32.2. The molecule has 3 aromatic rings. The van der Waals surface area contributed by atoms with Crippen molar-refractivity contribution in [3.8, 4) is 11.4 Å². The molecule has 0 saturated heterocycles. The number of benzene rings is 2. The predicted molar refractivity (Wildman–Crippen MR) is 101 cm³/mol. The Balaban J connectivity index is 1.66. The Morgan fingerprint density at radius 2 is 2.00 bits per heavy atom. The van der Waals surface area contributed by atoms with Crippen molar-refractivity contribution in [2.45, 2.75) is 36.2 Å². The molecule has 8 heteroatoms. The molecule has 0 amide bonds. The van der Waals surface area contributed by atoms with Gasteiger partial charge < -0.3 is 0 Å². The topological polar surface area (TPSA) is 73.8 Å². The van der Waals surface area contributed by atoms with Gasteiger partial charge in [-0.3, -0.25) is 14.7 Å². The summed E-state index contributed by atoms with van der Waals surface area (Å²) >= 11 is 1.48. The number of hydrogen-bond acceptors (Lipinski definition) is 5. The molecule has 1 saturated carbocycles. The standard InChI is InChI=1S/C19H17FN4O2S/c1-12(13-5-4-6-15(11-13)24(25)26)27-19-22-21-18(23(19)14-9-10-14)16-7-2-3-8-17(16)20/h2-8,11-12,14H,9-10H2,1H3/t12-/m1/s1. The molecule has 1 heterocycles. The van der Waals surface area contributed by atoms with Crippen LogP contribution in [0.15, 0.2) is 53.7 Å². The number of nitro benzene ring substituents is 1. The van der Waals surface area contributed by atoms with E-state index in [1.165, 1.54) is 23.9 Å². The lowest BCUT2D eigenvalue weighted by atomic mass is 10.1. The van der Waals surface area contributed by atoms with Crippen molar-refractivity contribution in [1.82, 2.24) is 14.8 Å². The van der Waals surface area contributed by atoms with Crippen LogP contribution in [0.2, 0.25) is 0 Å². The van der Waals surface area contributed by atoms with E-state index in [2.05, 4.69) is 10.2 Å². The molecule has 1 aliphatic rings. The van der Waals surface area contributed by atoms with Gasteiger partial charge in [-0.15, -0.1) is 10.2 Å². The molecule has 0 aliphatic heterocycles. The first kappa shape index (κ1) is 17.7. The number of halogens is 1. The Hall–Kier alpha value is -2.74.